The van der Waals surface area contributed by atoms with Crippen LogP contribution < -0.4 is 5.73 Å². The van der Waals surface area contributed by atoms with E-state index < -0.39 is 0 Å². The molecule has 1 saturated heterocycles. The molecule has 1 aliphatic heterocycles. The van der Waals surface area contributed by atoms with Crippen molar-refractivity contribution in [2.75, 3.05) is 19.8 Å². The van der Waals surface area contributed by atoms with Crippen molar-refractivity contribution < 1.29 is 9.13 Å². The van der Waals surface area contributed by atoms with E-state index in [2.05, 4.69) is 0 Å². The molecule has 2 N–H and O–H groups in total. The summed E-state index contributed by atoms with van der Waals surface area (Å²) < 4.78 is 18.1. The Morgan fingerprint density at radius 1 is 1.50 bits per heavy atom. The summed E-state index contributed by atoms with van der Waals surface area (Å²) in [6, 6.07) is 6.68. The number of nitrogens with two attached hydrogens (primary N) is 1. The van der Waals surface area contributed by atoms with E-state index in [1.807, 2.05) is 6.07 Å². The summed E-state index contributed by atoms with van der Waals surface area (Å²) in [6.07, 6.45) is 0. The first-order chi connectivity index (χ1) is 6.81. The lowest BCUT2D eigenvalue weighted by Crippen LogP contribution is -2.36. The van der Waals surface area contributed by atoms with Gasteiger partial charge >= 0.3 is 0 Å². The van der Waals surface area contributed by atoms with Gasteiger partial charge in [-0.3, -0.25) is 0 Å². The van der Waals surface area contributed by atoms with Crippen LogP contribution in [0.25, 0.3) is 0 Å². The molecule has 0 aromatic heterocycles. The molecule has 76 valence electrons. The van der Waals surface area contributed by atoms with Crippen LogP contribution in [0.5, 0.6) is 0 Å². The fourth-order valence-corrected chi connectivity index (χ4v) is 1.82. The second-order valence-corrected chi connectivity index (χ2v) is 3.69. The maximum absolute atomic E-state index is 13.0. The first kappa shape index (κ1) is 9.62. The Morgan fingerprint density at radius 3 is 2.79 bits per heavy atom. The van der Waals surface area contributed by atoms with Crippen molar-refractivity contribution in [1.82, 2.24) is 0 Å². The van der Waals surface area contributed by atoms with Gasteiger partial charge in [0.2, 0.25) is 0 Å². The summed E-state index contributed by atoms with van der Waals surface area (Å²) in [4.78, 5) is 0. The van der Waals surface area contributed by atoms with Crippen molar-refractivity contribution in [2.24, 2.45) is 11.7 Å². The molecule has 0 amide bonds. The van der Waals surface area contributed by atoms with Gasteiger partial charge in [0.05, 0.1) is 13.2 Å². The Kier molecular flexibility index (Phi) is 2.79. The zero-order valence-electron chi connectivity index (χ0n) is 7.95. The second-order valence-electron chi connectivity index (χ2n) is 3.69. The Labute approximate surface area is 82.9 Å². The molecular formula is C11H14FNO. The van der Waals surface area contributed by atoms with E-state index in [-0.39, 0.29) is 11.7 Å². The van der Waals surface area contributed by atoms with Crippen LogP contribution in [0.1, 0.15) is 11.5 Å². The number of hydrogen-bond acceptors (Lipinski definition) is 2. The highest BCUT2D eigenvalue weighted by Gasteiger charge is 2.28. The normalized spacial score (nSPS) is 19.0. The van der Waals surface area contributed by atoms with Gasteiger partial charge in [0.25, 0.3) is 0 Å². The van der Waals surface area contributed by atoms with Crippen molar-refractivity contribution in [3.8, 4) is 0 Å². The largest absolute Gasteiger partial charge is 0.381 e. The van der Waals surface area contributed by atoms with Gasteiger partial charge in [-0.2, -0.15) is 0 Å². The van der Waals surface area contributed by atoms with Gasteiger partial charge in [-0.1, -0.05) is 12.1 Å². The fraction of sp³-hybridized carbons (Fsp3) is 0.455. The van der Waals surface area contributed by atoms with Crippen molar-refractivity contribution in [1.29, 1.82) is 0 Å². The number of ether oxygens (including phenoxy) is 1. The van der Waals surface area contributed by atoms with Gasteiger partial charge in [-0.05, 0) is 24.2 Å². The van der Waals surface area contributed by atoms with Crippen LogP contribution in [-0.4, -0.2) is 19.8 Å². The molecule has 0 saturated carbocycles. The molecule has 1 fully saturated rings. The van der Waals surface area contributed by atoms with Gasteiger partial charge < -0.3 is 10.5 Å². The maximum atomic E-state index is 13.0. The molecule has 3 heteroatoms. The molecule has 14 heavy (non-hydrogen) atoms. The minimum atomic E-state index is -0.193. The lowest BCUT2D eigenvalue weighted by atomic mass is 9.85. The summed E-state index contributed by atoms with van der Waals surface area (Å²) in [5.74, 6) is 0.502. The average Bonchev–Trinajstić information content (AvgIpc) is 2.10. The Bertz CT molecular complexity index is 312. The van der Waals surface area contributed by atoms with E-state index >= 15 is 0 Å². The number of halogens is 1. The molecule has 2 nitrogen and oxygen atoms in total. The molecule has 1 aliphatic rings. The molecule has 1 aromatic carbocycles. The van der Waals surface area contributed by atoms with Gasteiger partial charge in [0.1, 0.15) is 5.82 Å². The topological polar surface area (TPSA) is 35.2 Å². The Balaban J connectivity index is 2.17. The van der Waals surface area contributed by atoms with Gasteiger partial charge in [-0.15, -0.1) is 0 Å². The Hall–Kier alpha value is -0.930. The summed E-state index contributed by atoms with van der Waals surface area (Å²) in [5.41, 5.74) is 6.67. The van der Waals surface area contributed by atoms with Crippen LogP contribution >= 0.6 is 0 Å². The zero-order valence-corrected chi connectivity index (χ0v) is 7.95. The van der Waals surface area contributed by atoms with Crippen LogP contribution in [-0.2, 0) is 4.74 Å². The molecule has 1 heterocycles. The third-order valence-electron chi connectivity index (χ3n) is 2.76. The summed E-state index contributed by atoms with van der Waals surface area (Å²) >= 11 is 0. The van der Waals surface area contributed by atoms with E-state index in [9.17, 15) is 4.39 Å². The molecule has 2 rings (SSSR count). The average molecular weight is 195 g/mol. The highest BCUT2D eigenvalue weighted by molar-refractivity contribution is 5.22. The van der Waals surface area contributed by atoms with E-state index in [4.69, 9.17) is 10.5 Å². The number of hydrogen-bond donors (Lipinski definition) is 1. The van der Waals surface area contributed by atoms with Crippen LogP contribution in [0.15, 0.2) is 24.3 Å². The zero-order chi connectivity index (χ0) is 9.97. The predicted molar refractivity (Wildman–Crippen MR) is 52.5 cm³/mol. The third-order valence-corrected chi connectivity index (χ3v) is 2.76. The molecule has 1 aromatic rings. The highest BCUT2D eigenvalue weighted by Crippen LogP contribution is 2.29. The lowest BCUT2D eigenvalue weighted by molar-refractivity contribution is -0.0437. The lowest BCUT2D eigenvalue weighted by Gasteiger charge is -2.33. The minimum absolute atomic E-state index is 0.193. The fourth-order valence-electron chi connectivity index (χ4n) is 1.82. The van der Waals surface area contributed by atoms with Crippen LogP contribution in [0.4, 0.5) is 4.39 Å². The van der Waals surface area contributed by atoms with Crippen LogP contribution in [0.2, 0.25) is 0 Å². The van der Waals surface area contributed by atoms with E-state index in [1.54, 1.807) is 12.1 Å². The van der Waals surface area contributed by atoms with Gasteiger partial charge in [0, 0.05) is 11.8 Å². The molecule has 1 unspecified atom stereocenters. The summed E-state index contributed by atoms with van der Waals surface area (Å²) in [6.45, 7) is 2.05. The van der Waals surface area contributed by atoms with E-state index in [0.717, 1.165) is 18.8 Å². The number of benzene rings is 1. The highest BCUT2D eigenvalue weighted by atomic mass is 19.1. The maximum Gasteiger partial charge on any atom is 0.123 e. The van der Waals surface area contributed by atoms with Crippen molar-refractivity contribution >= 4 is 0 Å². The van der Waals surface area contributed by atoms with Crippen molar-refractivity contribution in [3.63, 3.8) is 0 Å². The minimum Gasteiger partial charge on any atom is -0.381 e. The standard InChI is InChI=1S/C11H14FNO/c12-10-3-1-2-8(4-10)11(5-13)9-6-14-7-9/h1-4,9,11H,5-7,13H2. The molecule has 0 aliphatic carbocycles. The second kappa shape index (κ2) is 4.07. The van der Waals surface area contributed by atoms with Gasteiger partial charge in [-0.25, -0.2) is 4.39 Å². The Morgan fingerprint density at radius 2 is 2.29 bits per heavy atom. The first-order valence-electron chi connectivity index (χ1n) is 4.84. The first-order valence-corrected chi connectivity index (χ1v) is 4.84. The van der Waals surface area contributed by atoms with Crippen molar-refractivity contribution in [2.45, 2.75) is 5.92 Å². The summed E-state index contributed by atoms with van der Waals surface area (Å²) in [5, 5.41) is 0. The van der Waals surface area contributed by atoms with Crippen LogP contribution in [0, 0.1) is 11.7 Å². The molecule has 0 bridgehead atoms. The van der Waals surface area contributed by atoms with E-state index in [1.165, 1.54) is 6.07 Å². The summed E-state index contributed by atoms with van der Waals surface area (Å²) in [7, 11) is 0. The number of rotatable bonds is 3. The third kappa shape index (κ3) is 1.79. The predicted octanol–water partition coefficient (Wildman–Crippen LogP) is 1.51. The molecule has 1 atom stereocenters. The monoisotopic (exact) mass is 195 g/mol. The van der Waals surface area contributed by atoms with Crippen molar-refractivity contribution in [3.05, 3.63) is 35.6 Å². The molecular weight excluding hydrogens is 181 g/mol. The van der Waals surface area contributed by atoms with Gasteiger partial charge in [0.15, 0.2) is 0 Å². The quantitative estimate of drug-likeness (QED) is 0.793. The van der Waals surface area contributed by atoms with Crippen LogP contribution in [0.3, 0.4) is 0 Å². The van der Waals surface area contributed by atoms with E-state index in [0.29, 0.717) is 12.5 Å². The molecule has 0 radical (unpaired) electrons. The SMILES string of the molecule is NCC(c1cccc(F)c1)C1COC1. The smallest absolute Gasteiger partial charge is 0.123 e. The molecule has 0 spiro atoms.